The highest BCUT2D eigenvalue weighted by molar-refractivity contribution is 7.20. The van der Waals surface area contributed by atoms with Gasteiger partial charge in [-0.3, -0.25) is 14.6 Å². The Hall–Kier alpha value is -1.99. The van der Waals surface area contributed by atoms with Crippen molar-refractivity contribution in [2.24, 2.45) is 5.92 Å². The number of amides is 2. The van der Waals surface area contributed by atoms with Crippen LogP contribution in [0, 0.1) is 5.92 Å². The summed E-state index contributed by atoms with van der Waals surface area (Å²) in [6.07, 6.45) is 4.05. The maximum Gasteiger partial charge on any atom is 0.270 e. The molecule has 2 bridgehead atoms. The van der Waals surface area contributed by atoms with Crippen molar-refractivity contribution in [2.75, 3.05) is 32.7 Å². The summed E-state index contributed by atoms with van der Waals surface area (Å²) in [5.74, 6) is 0.573. The first-order valence-corrected chi connectivity index (χ1v) is 9.71. The van der Waals surface area contributed by atoms with E-state index in [1.807, 2.05) is 12.1 Å². The van der Waals surface area contributed by atoms with Crippen LogP contribution in [-0.4, -0.2) is 65.4 Å². The van der Waals surface area contributed by atoms with Crippen LogP contribution in [0.4, 0.5) is 0 Å². The summed E-state index contributed by atoms with van der Waals surface area (Å²) >= 11 is 1.44. The first-order valence-electron chi connectivity index (χ1n) is 8.89. The van der Waals surface area contributed by atoms with E-state index in [1.165, 1.54) is 24.2 Å². The van der Waals surface area contributed by atoms with Crippen molar-refractivity contribution in [2.45, 2.75) is 18.9 Å². The fraction of sp³-hybridized carbons (Fsp3) is 0.500. The lowest BCUT2D eigenvalue weighted by Gasteiger charge is -2.44. The third-order valence-corrected chi connectivity index (χ3v) is 6.64. The second-order valence-corrected chi connectivity index (χ2v) is 8.31. The largest absolute Gasteiger partial charge is 0.346 e. The molecule has 4 fully saturated rings. The lowest BCUT2D eigenvalue weighted by molar-refractivity contribution is 0.0618. The zero-order chi connectivity index (χ0) is 17.0. The third-order valence-electron chi connectivity index (χ3n) is 5.55. The molecule has 0 aromatic carbocycles. The molecule has 6 rings (SSSR count). The zero-order valence-electron chi connectivity index (χ0n) is 13.9. The fourth-order valence-electron chi connectivity index (χ4n) is 3.94. The topological polar surface area (TPSA) is 65.3 Å². The van der Waals surface area contributed by atoms with Crippen molar-refractivity contribution in [1.29, 1.82) is 0 Å². The molecule has 0 unspecified atom stereocenters. The van der Waals surface area contributed by atoms with Gasteiger partial charge in [-0.05, 0) is 44.0 Å². The molecular weight excluding hydrogens is 336 g/mol. The van der Waals surface area contributed by atoms with E-state index in [4.69, 9.17) is 0 Å². The van der Waals surface area contributed by atoms with Gasteiger partial charge in [-0.2, -0.15) is 0 Å². The average molecular weight is 356 g/mol. The number of piperidine rings is 3. The van der Waals surface area contributed by atoms with Crippen LogP contribution in [0.25, 0.3) is 10.1 Å². The quantitative estimate of drug-likeness (QED) is 0.848. The summed E-state index contributed by atoms with van der Waals surface area (Å²) in [5.41, 5.74) is 0.441. The van der Waals surface area contributed by atoms with E-state index in [9.17, 15) is 9.59 Å². The molecule has 0 saturated carbocycles. The summed E-state index contributed by atoms with van der Waals surface area (Å²) in [6, 6.07) is 3.92. The SMILES string of the molecule is O=C(N[C@H]1CN2CCC1CC2)c1cc2sc(C(=O)N3CC3)cc2cn1. The number of pyridine rings is 1. The molecule has 4 saturated heterocycles. The number of thiophene rings is 1. The Morgan fingerprint density at radius 3 is 2.64 bits per heavy atom. The molecule has 7 heteroatoms. The fourth-order valence-corrected chi connectivity index (χ4v) is 4.98. The van der Waals surface area contributed by atoms with Crippen molar-refractivity contribution in [3.05, 3.63) is 28.9 Å². The number of carbonyl (C=O) groups excluding carboxylic acids is 2. The van der Waals surface area contributed by atoms with Crippen LogP contribution < -0.4 is 5.32 Å². The van der Waals surface area contributed by atoms with E-state index in [-0.39, 0.29) is 17.9 Å². The number of hydrogen-bond donors (Lipinski definition) is 1. The number of nitrogens with zero attached hydrogens (tertiary/aromatic N) is 3. The molecule has 0 spiro atoms. The highest BCUT2D eigenvalue weighted by atomic mass is 32.1. The summed E-state index contributed by atoms with van der Waals surface area (Å²) in [4.78, 5) is 34.1. The molecular formula is C18H20N4O2S. The first-order chi connectivity index (χ1) is 12.2. The van der Waals surface area contributed by atoms with Crippen LogP contribution in [-0.2, 0) is 0 Å². The van der Waals surface area contributed by atoms with Crippen LogP contribution in [0.3, 0.4) is 0 Å². The Kier molecular flexibility index (Phi) is 3.53. The third kappa shape index (κ3) is 2.81. The molecule has 2 amide bonds. The lowest BCUT2D eigenvalue weighted by Crippen LogP contribution is -2.57. The molecule has 0 radical (unpaired) electrons. The molecule has 2 aromatic rings. The molecule has 4 aliphatic rings. The minimum Gasteiger partial charge on any atom is -0.346 e. The Labute approximate surface area is 149 Å². The molecule has 130 valence electrons. The molecule has 0 aliphatic carbocycles. The second kappa shape index (κ2) is 5.78. The predicted molar refractivity (Wildman–Crippen MR) is 95.9 cm³/mol. The van der Waals surface area contributed by atoms with Gasteiger partial charge in [-0.15, -0.1) is 11.3 Å². The Morgan fingerprint density at radius 2 is 1.96 bits per heavy atom. The minimum atomic E-state index is -0.104. The maximum absolute atomic E-state index is 12.6. The Morgan fingerprint density at radius 1 is 1.16 bits per heavy atom. The van der Waals surface area contributed by atoms with Crippen LogP contribution in [0.1, 0.15) is 33.0 Å². The van der Waals surface area contributed by atoms with Crippen molar-refractivity contribution in [3.63, 3.8) is 0 Å². The highest BCUT2D eigenvalue weighted by Gasteiger charge is 2.35. The summed E-state index contributed by atoms with van der Waals surface area (Å²) < 4.78 is 0.944. The summed E-state index contributed by atoms with van der Waals surface area (Å²) in [5, 5.41) is 4.10. The van der Waals surface area contributed by atoms with E-state index in [1.54, 1.807) is 11.1 Å². The molecule has 6 nitrogen and oxygen atoms in total. The molecule has 1 atom stereocenters. The van der Waals surface area contributed by atoms with E-state index < -0.39 is 0 Å². The molecule has 6 heterocycles. The van der Waals surface area contributed by atoms with Gasteiger partial charge >= 0.3 is 0 Å². The maximum atomic E-state index is 12.6. The van der Waals surface area contributed by atoms with Crippen LogP contribution in [0.2, 0.25) is 0 Å². The number of aromatic nitrogens is 1. The van der Waals surface area contributed by atoms with Gasteiger partial charge in [0.1, 0.15) is 5.69 Å². The van der Waals surface area contributed by atoms with Gasteiger partial charge in [-0.1, -0.05) is 0 Å². The van der Waals surface area contributed by atoms with E-state index in [0.29, 0.717) is 11.6 Å². The number of hydrogen-bond acceptors (Lipinski definition) is 5. The van der Waals surface area contributed by atoms with Gasteiger partial charge in [0.25, 0.3) is 11.8 Å². The summed E-state index contributed by atoms with van der Waals surface area (Å²) in [7, 11) is 0. The number of nitrogens with one attached hydrogen (secondary N) is 1. The van der Waals surface area contributed by atoms with E-state index in [0.717, 1.165) is 47.7 Å². The molecule has 2 aromatic heterocycles. The standard InChI is InChI=1S/C18H20N4O2S/c23-17(20-14-10-21-3-1-11(14)2-4-21)13-8-15-12(9-19-13)7-16(25-15)18(24)22-5-6-22/h7-9,11,14H,1-6,10H2,(H,20,23)/t14-/m0/s1. The Bertz CT molecular complexity index is 852. The van der Waals surface area contributed by atoms with Crippen LogP contribution >= 0.6 is 11.3 Å². The van der Waals surface area contributed by atoms with Crippen molar-refractivity contribution in [1.82, 2.24) is 20.1 Å². The zero-order valence-corrected chi connectivity index (χ0v) is 14.7. The first kappa shape index (κ1) is 15.3. The van der Waals surface area contributed by atoms with Gasteiger partial charge in [0.15, 0.2) is 0 Å². The minimum absolute atomic E-state index is 0.0829. The van der Waals surface area contributed by atoms with E-state index in [2.05, 4.69) is 15.2 Å². The van der Waals surface area contributed by atoms with Crippen molar-refractivity contribution in [3.8, 4) is 0 Å². The van der Waals surface area contributed by atoms with E-state index >= 15 is 0 Å². The summed E-state index contributed by atoms with van der Waals surface area (Å²) in [6.45, 7) is 4.96. The number of rotatable bonds is 3. The van der Waals surface area contributed by atoms with Gasteiger partial charge in [-0.25, -0.2) is 0 Å². The van der Waals surface area contributed by atoms with Gasteiger partial charge in [0, 0.05) is 42.0 Å². The average Bonchev–Trinajstić information content (AvgIpc) is 3.40. The van der Waals surface area contributed by atoms with Crippen molar-refractivity contribution >= 4 is 33.2 Å². The highest BCUT2D eigenvalue weighted by Crippen LogP contribution is 2.29. The second-order valence-electron chi connectivity index (χ2n) is 7.23. The lowest BCUT2D eigenvalue weighted by atomic mass is 9.84. The van der Waals surface area contributed by atoms with Gasteiger partial charge in [0.2, 0.25) is 0 Å². The van der Waals surface area contributed by atoms with Gasteiger partial charge < -0.3 is 15.1 Å². The predicted octanol–water partition coefficient (Wildman–Crippen LogP) is 1.58. The molecule has 1 N–H and O–H groups in total. The Balaban J connectivity index is 1.35. The smallest absolute Gasteiger partial charge is 0.270 e. The number of carbonyl (C=O) groups is 2. The van der Waals surface area contributed by atoms with Crippen LogP contribution in [0.5, 0.6) is 0 Å². The normalized spacial score (nSPS) is 27.5. The number of fused-ring (bicyclic) bond motifs is 4. The monoisotopic (exact) mass is 356 g/mol. The van der Waals surface area contributed by atoms with Crippen molar-refractivity contribution < 1.29 is 9.59 Å². The van der Waals surface area contributed by atoms with Gasteiger partial charge in [0.05, 0.1) is 4.88 Å². The molecule has 4 aliphatic heterocycles. The molecule has 25 heavy (non-hydrogen) atoms. The van der Waals surface area contributed by atoms with Crippen LogP contribution in [0.15, 0.2) is 18.3 Å².